The summed E-state index contributed by atoms with van der Waals surface area (Å²) in [6.07, 6.45) is 4.22. The van der Waals surface area contributed by atoms with E-state index in [0.29, 0.717) is 31.1 Å². The van der Waals surface area contributed by atoms with Crippen molar-refractivity contribution >= 4 is 17.7 Å². The Morgan fingerprint density at radius 2 is 2.27 bits per heavy atom. The first-order chi connectivity index (χ1) is 10.6. The number of carbonyl (C=O) groups is 1. The molecule has 0 aliphatic heterocycles. The highest BCUT2D eigenvalue weighted by molar-refractivity contribution is 7.98. The third-order valence-electron chi connectivity index (χ3n) is 3.05. The van der Waals surface area contributed by atoms with Crippen LogP contribution in [0.2, 0.25) is 0 Å². The van der Waals surface area contributed by atoms with Gasteiger partial charge in [0.15, 0.2) is 11.5 Å². The van der Waals surface area contributed by atoms with Crippen molar-refractivity contribution in [3.63, 3.8) is 0 Å². The van der Waals surface area contributed by atoms with Gasteiger partial charge in [-0.25, -0.2) is 0 Å². The van der Waals surface area contributed by atoms with E-state index in [-0.39, 0.29) is 0 Å². The molecule has 5 nitrogen and oxygen atoms in total. The van der Waals surface area contributed by atoms with Crippen molar-refractivity contribution in [2.24, 2.45) is 0 Å². The maximum absolute atomic E-state index is 11.2. The molecule has 0 aliphatic rings. The van der Waals surface area contributed by atoms with Gasteiger partial charge in [0.1, 0.15) is 12.6 Å². The molecule has 1 rings (SSSR count). The number of rotatable bonds is 11. The lowest BCUT2D eigenvalue weighted by atomic mass is 10.1. The van der Waals surface area contributed by atoms with Crippen LogP contribution in [0.4, 0.5) is 0 Å². The van der Waals surface area contributed by atoms with Crippen molar-refractivity contribution in [1.29, 1.82) is 0 Å². The summed E-state index contributed by atoms with van der Waals surface area (Å²) in [7, 11) is 1.58. The topological polar surface area (TPSA) is 67.8 Å². The molecule has 1 aromatic rings. The van der Waals surface area contributed by atoms with Gasteiger partial charge in [0.2, 0.25) is 0 Å². The first-order valence-electron chi connectivity index (χ1n) is 6.98. The standard InChI is InChI=1S/C16H23NO4S/c1-4-8-21-14-6-5-12(10-15(14)20-2)11-17-13(16(18)19)7-9-22-3/h4-6,10,13,17H,1,7-9,11H2,2-3H3,(H,18,19). The molecule has 0 spiro atoms. The molecule has 0 fully saturated rings. The van der Waals surface area contributed by atoms with Crippen LogP contribution in [0.25, 0.3) is 0 Å². The lowest BCUT2D eigenvalue weighted by Gasteiger charge is -2.15. The number of hydrogen-bond acceptors (Lipinski definition) is 5. The first-order valence-corrected chi connectivity index (χ1v) is 8.37. The van der Waals surface area contributed by atoms with Crippen LogP contribution in [0.1, 0.15) is 12.0 Å². The van der Waals surface area contributed by atoms with Crippen LogP contribution in [-0.2, 0) is 11.3 Å². The molecule has 0 radical (unpaired) electrons. The minimum atomic E-state index is -0.827. The largest absolute Gasteiger partial charge is 0.493 e. The van der Waals surface area contributed by atoms with Crippen molar-refractivity contribution in [3.8, 4) is 11.5 Å². The highest BCUT2D eigenvalue weighted by atomic mass is 32.2. The van der Waals surface area contributed by atoms with E-state index >= 15 is 0 Å². The molecule has 0 heterocycles. The van der Waals surface area contributed by atoms with Gasteiger partial charge in [0.05, 0.1) is 7.11 Å². The Morgan fingerprint density at radius 3 is 2.86 bits per heavy atom. The fourth-order valence-corrected chi connectivity index (χ4v) is 2.35. The van der Waals surface area contributed by atoms with E-state index in [1.165, 1.54) is 0 Å². The molecule has 0 bridgehead atoms. The number of methoxy groups -OCH3 is 1. The zero-order valence-electron chi connectivity index (χ0n) is 13.0. The molecular formula is C16H23NO4S. The predicted octanol–water partition coefficient (Wildman–Crippen LogP) is 2.56. The van der Waals surface area contributed by atoms with E-state index in [1.54, 1.807) is 24.9 Å². The fourth-order valence-electron chi connectivity index (χ4n) is 1.88. The Bertz CT molecular complexity index is 493. The Hall–Kier alpha value is -1.66. The SMILES string of the molecule is C=CCOc1ccc(CNC(CCSC)C(=O)O)cc1OC. The summed E-state index contributed by atoms with van der Waals surface area (Å²) < 4.78 is 10.8. The lowest BCUT2D eigenvalue weighted by molar-refractivity contribution is -0.139. The molecule has 0 amide bonds. The molecule has 22 heavy (non-hydrogen) atoms. The van der Waals surface area contributed by atoms with E-state index in [4.69, 9.17) is 9.47 Å². The Kier molecular flexibility index (Phi) is 8.47. The summed E-state index contributed by atoms with van der Waals surface area (Å²) in [5, 5.41) is 12.3. The summed E-state index contributed by atoms with van der Waals surface area (Å²) in [5.41, 5.74) is 0.943. The van der Waals surface area contributed by atoms with Gasteiger partial charge < -0.3 is 19.9 Å². The third kappa shape index (κ3) is 5.99. The zero-order valence-corrected chi connectivity index (χ0v) is 13.8. The minimum absolute atomic E-state index is 0.406. The highest BCUT2D eigenvalue weighted by Crippen LogP contribution is 2.28. The van der Waals surface area contributed by atoms with Crippen LogP contribution >= 0.6 is 11.8 Å². The van der Waals surface area contributed by atoms with Gasteiger partial charge in [-0.05, 0) is 36.1 Å². The van der Waals surface area contributed by atoms with Crippen LogP contribution in [-0.4, -0.2) is 42.8 Å². The number of hydrogen-bond donors (Lipinski definition) is 2. The van der Waals surface area contributed by atoms with Gasteiger partial charge in [-0.3, -0.25) is 4.79 Å². The number of carboxylic acid groups (broad SMARTS) is 1. The number of nitrogens with one attached hydrogen (secondary N) is 1. The van der Waals surface area contributed by atoms with E-state index in [0.717, 1.165) is 11.3 Å². The molecule has 0 saturated carbocycles. The van der Waals surface area contributed by atoms with Crippen molar-refractivity contribution in [1.82, 2.24) is 5.32 Å². The Morgan fingerprint density at radius 1 is 1.50 bits per heavy atom. The second kappa shape index (κ2) is 10.1. The maximum Gasteiger partial charge on any atom is 0.320 e. The molecule has 1 aromatic carbocycles. The maximum atomic E-state index is 11.2. The van der Waals surface area contributed by atoms with E-state index in [9.17, 15) is 9.90 Å². The zero-order chi connectivity index (χ0) is 16.4. The number of benzene rings is 1. The molecule has 6 heteroatoms. The lowest BCUT2D eigenvalue weighted by Crippen LogP contribution is -2.36. The summed E-state index contributed by atoms with van der Waals surface area (Å²) in [5.74, 6) is 1.24. The molecule has 1 atom stereocenters. The van der Waals surface area contributed by atoms with Gasteiger partial charge in [0.25, 0.3) is 0 Å². The van der Waals surface area contributed by atoms with Crippen LogP contribution in [0.3, 0.4) is 0 Å². The normalized spacial score (nSPS) is 11.7. The van der Waals surface area contributed by atoms with Gasteiger partial charge >= 0.3 is 5.97 Å². The second-order valence-electron chi connectivity index (χ2n) is 4.64. The quantitative estimate of drug-likeness (QED) is 0.610. The Balaban J connectivity index is 2.68. The summed E-state index contributed by atoms with van der Waals surface area (Å²) >= 11 is 1.64. The molecule has 0 saturated heterocycles. The average Bonchev–Trinajstić information content (AvgIpc) is 2.52. The van der Waals surface area contributed by atoms with Gasteiger partial charge in [-0.2, -0.15) is 11.8 Å². The molecule has 2 N–H and O–H groups in total. The predicted molar refractivity (Wildman–Crippen MR) is 89.9 cm³/mol. The van der Waals surface area contributed by atoms with Gasteiger partial charge in [-0.1, -0.05) is 18.7 Å². The van der Waals surface area contributed by atoms with Crippen molar-refractivity contribution in [2.75, 3.05) is 25.7 Å². The monoisotopic (exact) mass is 325 g/mol. The second-order valence-corrected chi connectivity index (χ2v) is 5.62. The van der Waals surface area contributed by atoms with Crippen molar-refractivity contribution in [3.05, 3.63) is 36.4 Å². The molecule has 1 unspecified atom stereocenters. The Labute approximate surface area is 135 Å². The summed E-state index contributed by atoms with van der Waals surface area (Å²) in [4.78, 5) is 11.2. The van der Waals surface area contributed by atoms with Crippen molar-refractivity contribution in [2.45, 2.75) is 19.0 Å². The smallest absolute Gasteiger partial charge is 0.320 e. The van der Waals surface area contributed by atoms with Crippen molar-refractivity contribution < 1.29 is 19.4 Å². The highest BCUT2D eigenvalue weighted by Gasteiger charge is 2.16. The average molecular weight is 325 g/mol. The van der Waals surface area contributed by atoms with Crippen LogP contribution < -0.4 is 14.8 Å². The molecular weight excluding hydrogens is 302 g/mol. The molecule has 0 aromatic heterocycles. The van der Waals surface area contributed by atoms with Gasteiger partial charge in [0, 0.05) is 6.54 Å². The molecule has 122 valence electrons. The molecule has 0 aliphatic carbocycles. The van der Waals surface area contributed by atoms with E-state index < -0.39 is 12.0 Å². The van der Waals surface area contributed by atoms with E-state index in [2.05, 4.69) is 11.9 Å². The van der Waals surface area contributed by atoms with E-state index in [1.807, 2.05) is 24.5 Å². The number of aliphatic carboxylic acids is 1. The number of thioether (sulfide) groups is 1. The van der Waals surface area contributed by atoms with Crippen LogP contribution in [0, 0.1) is 0 Å². The first kappa shape index (κ1) is 18.4. The number of ether oxygens (including phenoxy) is 2. The summed E-state index contributed by atoms with van der Waals surface area (Å²) in [6, 6.07) is 5.01. The summed E-state index contributed by atoms with van der Waals surface area (Å²) in [6.45, 7) is 4.47. The minimum Gasteiger partial charge on any atom is -0.493 e. The van der Waals surface area contributed by atoms with Gasteiger partial charge in [-0.15, -0.1) is 0 Å². The van der Waals surface area contributed by atoms with Crippen LogP contribution in [0.15, 0.2) is 30.9 Å². The van der Waals surface area contributed by atoms with Crippen LogP contribution in [0.5, 0.6) is 11.5 Å². The number of carboxylic acids is 1. The fraction of sp³-hybridized carbons (Fsp3) is 0.438. The third-order valence-corrected chi connectivity index (χ3v) is 3.69.